The molecule has 0 amide bonds. The van der Waals surface area contributed by atoms with Crippen LogP contribution in [0.1, 0.15) is 86.5 Å². The molecule has 3 rings (SSSR count). The first-order valence-corrected chi connectivity index (χ1v) is 14.7. The molecule has 3 heterocycles. The Morgan fingerprint density at radius 3 is 2.26 bits per heavy atom. The first-order valence-electron chi connectivity index (χ1n) is 14.7. The number of hydrogen-bond acceptors (Lipinski definition) is 4. The molecule has 1 aliphatic heterocycles. The summed E-state index contributed by atoms with van der Waals surface area (Å²) in [4.78, 5) is 19.1. The molecule has 0 radical (unpaired) electrons. The molecule has 6 heteroatoms. The van der Waals surface area contributed by atoms with Crippen molar-refractivity contribution in [3.8, 4) is 0 Å². The van der Waals surface area contributed by atoms with Gasteiger partial charge in [-0.2, -0.15) is 0 Å². The number of nitrogens with two attached hydrogens (primary N) is 2. The summed E-state index contributed by atoms with van der Waals surface area (Å²) in [5, 5.41) is 2.12. The predicted molar refractivity (Wildman–Crippen MR) is 179 cm³/mol. The van der Waals surface area contributed by atoms with E-state index in [1.165, 1.54) is 16.7 Å². The lowest BCUT2D eigenvalue weighted by molar-refractivity contribution is -0.116. The predicted octanol–water partition coefficient (Wildman–Crippen LogP) is 6.02. The Labute approximate surface area is 251 Å². The molecule has 42 heavy (non-hydrogen) atoms. The highest BCUT2D eigenvalue weighted by Crippen LogP contribution is 2.27. The molecule has 4 bridgehead atoms. The highest BCUT2D eigenvalue weighted by Gasteiger charge is 2.14. The van der Waals surface area contributed by atoms with Crippen LogP contribution in [-0.4, -0.2) is 29.5 Å². The zero-order valence-corrected chi connectivity index (χ0v) is 26.3. The minimum Gasteiger partial charge on any atom is -0.398 e. The van der Waals surface area contributed by atoms with Crippen LogP contribution < -0.4 is 22.2 Å². The van der Waals surface area contributed by atoms with Crippen molar-refractivity contribution in [2.45, 2.75) is 73.1 Å². The number of methoxy groups -OCH3 is 1. The Morgan fingerprint density at radius 2 is 1.62 bits per heavy atom. The largest absolute Gasteiger partial charge is 0.398 e. The van der Waals surface area contributed by atoms with Crippen LogP contribution in [0.25, 0.3) is 30.4 Å². The maximum Gasteiger partial charge on any atom is 0.130 e. The van der Waals surface area contributed by atoms with Crippen LogP contribution in [0.4, 0.5) is 0 Å². The van der Waals surface area contributed by atoms with E-state index in [1.807, 2.05) is 24.3 Å². The van der Waals surface area contributed by atoms with Crippen LogP contribution in [-0.2, 0) is 16.0 Å². The van der Waals surface area contributed by atoms with Crippen molar-refractivity contribution in [3.05, 3.63) is 97.3 Å². The Balaban J connectivity index is 2.34. The molecule has 6 N–H and O–H groups in total. The second-order valence-corrected chi connectivity index (χ2v) is 11.2. The number of hydrogen-bond donors (Lipinski definition) is 4. The van der Waals surface area contributed by atoms with Gasteiger partial charge >= 0.3 is 0 Å². The van der Waals surface area contributed by atoms with Gasteiger partial charge in [-0.15, -0.1) is 0 Å². The van der Waals surface area contributed by atoms with Crippen LogP contribution in [0, 0.1) is 13.8 Å². The lowest BCUT2D eigenvalue weighted by atomic mass is 9.97. The van der Waals surface area contributed by atoms with Gasteiger partial charge < -0.3 is 31.0 Å². The Bertz CT molecular complexity index is 1600. The van der Waals surface area contributed by atoms with Gasteiger partial charge in [-0.25, -0.2) is 0 Å². The fraction of sp³-hybridized carbons (Fsp3) is 0.361. The number of carbonyl (C=O) groups is 1. The van der Waals surface area contributed by atoms with Gasteiger partial charge in [0.25, 0.3) is 0 Å². The summed E-state index contributed by atoms with van der Waals surface area (Å²) in [6.45, 7) is 18.8. The van der Waals surface area contributed by atoms with Gasteiger partial charge in [0.2, 0.25) is 0 Å². The highest BCUT2D eigenvalue weighted by atomic mass is 16.5. The lowest BCUT2D eigenvalue weighted by Gasteiger charge is -2.12. The molecule has 0 aliphatic carbocycles. The van der Waals surface area contributed by atoms with Crippen molar-refractivity contribution < 1.29 is 9.53 Å². The summed E-state index contributed by atoms with van der Waals surface area (Å²) in [5.41, 5.74) is 25.3. The average Bonchev–Trinajstić information content (AvgIpc) is 3.41. The van der Waals surface area contributed by atoms with E-state index in [1.54, 1.807) is 14.0 Å². The SMILES string of the molecule is C=CC1=C(\C)C/C=c2\[nH]/c(c(CCC(C)=O)c2C)=C\C/C(CCCOC)=C(C)\C(N)=C\c2[nH]c(c(C)c2C=C)\C=C\1N. The lowest BCUT2D eigenvalue weighted by Crippen LogP contribution is -2.13. The van der Waals surface area contributed by atoms with Gasteiger partial charge in [-0.05, 0) is 107 Å². The highest BCUT2D eigenvalue weighted by molar-refractivity contribution is 5.76. The fourth-order valence-electron chi connectivity index (χ4n) is 5.56. The summed E-state index contributed by atoms with van der Waals surface area (Å²) >= 11 is 0. The maximum atomic E-state index is 11.9. The summed E-state index contributed by atoms with van der Waals surface area (Å²) in [6, 6.07) is 0. The molecule has 0 aromatic carbocycles. The van der Waals surface area contributed by atoms with Crippen LogP contribution in [0.3, 0.4) is 0 Å². The Kier molecular flexibility index (Phi) is 11.4. The molecule has 1 aliphatic rings. The van der Waals surface area contributed by atoms with Gasteiger partial charge in [-0.1, -0.05) is 48.6 Å². The number of fused-ring (bicyclic) bond motifs is 4. The summed E-state index contributed by atoms with van der Waals surface area (Å²) in [7, 11) is 1.73. The van der Waals surface area contributed by atoms with Crippen molar-refractivity contribution in [1.82, 2.24) is 9.97 Å². The van der Waals surface area contributed by atoms with Crippen LogP contribution in [0.2, 0.25) is 0 Å². The Morgan fingerprint density at radius 1 is 0.929 bits per heavy atom. The van der Waals surface area contributed by atoms with Gasteiger partial charge in [-0.3, -0.25) is 0 Å². The van der Waals surface area contributed by atoms with E-state index in [9.17, 15) is 4.79 Å². The first kappa shape index (κ1) is 32.5. The number of aromatic amines is 2. The number of H-pyrrole nitrogens is 2. The third kappa shape index (κ3) is 7.62. The minimum absolute atomic E-state index is 0.185. The molecule has 0 fully saturated rings. The fourth-order valence-corrected chi connectivity index (χ4v) is 5.56. The van der Waals surface area contributed by atoms with Crippen LogP contribution in [0.15, 0.2) is 52.9 Å². The molecule has 6 nitrogen and oxygen atoms in total. The molecule has 2 aromatic rings. The number of carbonyl (C=O) groups excluding carboxylic acids is 1. The number of Topliss-reactive ketones (excluding diaryl/α,β-unsaturated/α-hetero) is 1. The van der Waals surface area contributed by atoms with Gasteiger partial charge in [0.05, 0.1) is 0 Å². The molecule has 0 saturated heterocycles. The summed E-state index contributed by atoms with van der Waals surface area (Å²) in [6.07, 6.45) is 16.5. The number of nitrogens with one attached hydrogen (secondary N) is 2. The van der Waals surface area contributed by atoms with Gasteiger partial charge in [0, 0.05) is 59.2 Å². The third-order valence-corrected chi connectivity index (χ3v) is 8.28. The second kappa shape index (κ2) is 14.7. The van der Waals surface area contributed by atoms with Crippen molar-refractivity contribution in [2.75, 3.05) is 13.7 Å². The number of ether oxygens (including phenoxy) is 1. The van der Waals surface area contributed by atoms with Gasteiger partial charge in [0.15, 0.2) is 0 Å². The van der Waals surface area contributed by atoms with E-state index in [-0.39, 0.29) is 5.78 Å². The van der Waals surface area contributed by atoms with E-state index >= 15 is 0 Å². The molecule has 224 valence electrons. The molecule has 2 aromatic heterocycles. The second-order valence-electron chi connectivity index (χ2n) is 11.2. The smallest absolute Gasteiger partial charge is 0.130 e. The van der Waals surface area contributed by atoms with Crippen LogP contribution >= 0.6 is 0 Å². The Hall–Kier alpha value is -4.03. The van der Waals surface area contributed by atoms with E-state index in [2.05, 4.69) is 63.0 Å². The van der Waals surface area contributed by atoms with Crippen molar-refractivity contribution >= 4 is 36.2 Å². The number of ketones is 1. The topological polar surface area (TPSA) is 110 Å². The molecule has 0 saturated carbocycles. The molecular weight excluding hydrogens is 520 g/mol. The standard InChI is InChI=1S/C36H48N4O2/c1-9-28-22(3)13-17-33-26(7)30(16-14-23(4)41)34(39-33)18-15-27(12-11-19-42-8)24(5)31(37)20-36-29(10-2)25(6)35(40-36)21-32(28)38/h9-10,17-18,20-21,39-40H,1-2,11-16,19,37-38H2,3-8H3/b27-24-,28-22-,31-20-,32-21-,33-17-,34-18-. The summed E-state index contributed by atoms with van der Waals surface area (Å²) in [5.74, 6) is 0.185. The van der Waals surface area contributed by atoms with Crippen molar-refractivity contribution in [2.24, 2.45) is 11.5 Å². The zero-order chi connectivity index (χ0) is 31.0. The normalized spacial score (nSPS) is 22.3. The molecular formula is C36H48N4O2. The molecule has 0 unspecified atom stereocenters. The third-order valence-electron chi connectivity index (χ3n) is 8.28. The number of allylic oxidation sites excluding steroid dienone is 4. The van der Waals surface area contributed by atoms with E-state index in [4.69, 9.17) is 16.2 Å². The van der Waals surface area contributed by atoms with E-state index in [0.29, 0.717) is 37.3 Å². The van der Waals surface area contributed by atoms with Crippen LogP contribution in [0.5, 0.6) is 0 Å². The monoisotopic (exact) mass is 568 g/mol. The first-order chi connectivity index (χ1) is 20.0. The zero-order valence-electron chi connectivity index (χ0n) is 26.3. The molecule has 0 spiro atoms. The van der Waals surface area contributed by atoms with Crippen molar-refractivity contribution in [1.29, 1.82) is 0 Å². The van der Waals surface area contributed by atoms with E-state index < -0.39 is 0 Å². The average molecular weight is 569 g/mol. The van der Waals surface area contributed by atoms with Gasteiger partial charge in [0.1, 0.15) is 5.78 Å². The summed E-state index contributed by atoms with van der Waals surface area (Å²) < 4.78 is 5.36. The number of aromatic nitrogens is 2. The molecule has 0 atom stereocenters. The minimum atomic E-state index is 0.185. The van der Waals surface area contributed by atoms with Crippen molar-refractivity contribution in [3.63, 3.8) is 0 Å². The maximum absolute atomic E-state index is 11.9. The van der Waals surface area contributed by atoms with E-state index in [0.717, 1.165) is 69.2 Å². The number of rotatable bonds is 9. The quantitative estimate of drug-likeness (QED) is 0.277.